The van der Waals surface area contributed by atoms with Crippen LogP contribution in [-0.4, -0.2) is 20.3 Å². The molecule has 0 bridgehead atoms. The predicted molar refractivity (Wildman–Crippen MR) is 82.5 cm³/mol. The first kappa shape index (κ1) is 16.2. The first-order chi connectivity index (χ1) is 9.17. The van der Waals surface area contributed by atoms with Gasteiger partial charge in [0.2, 0.25) is 0 Å². The van der Waals surface area contributed by atoms with Gasteiger partial charge in [0, 0.05) is 13.2 Å². The lowest BCUT2D eigenvalue weighted by Crippen LogP contribution is -2.21. The normalized spacial score (nSPS) is 12.9. The Bertz CT molecular complexity index is 332. The van der Waals surface area contributed by atoms with E-state index in [0.29, 0.717) is 6.04 Å². The Morgan fingerprint density at radius 1 is 1.11 bits per heavy atom. The molecule has 2 nitrogen and oxygen atoms in total. The van der Waals surface area contributed by atoms with Gasteiger partial charge in [0.25, 0.3) is 0 Å². The molecule has 0 radical (unpaired) electrons. The maximum atomic E-state index is 5.11. The van der Waals surface area contributed by atoms with Gasteiger partial charge in [-0.15, -0.1) is 0 Å². The Hall–Kier alpha value is -0.860. The first-order valence-electron chi connectivity index (χ1n) is 7.48. The average Bonchev–Trinajstić information content (AvgIpc) is 2.41. The molecule has 1 N–H and O–H groups in total. The van der Waals surface area contributed by atoms with Crippen molar-refractivity contribution in [3.63, 3.8) is 0 Å². The second-order valence-corrected chi connectivity index (χ2v) is 5.57. The van der Waals surface area contributed by atoms with Crippen LogP contribution in [0.1, 0.15) is 50.8 Å². The Morgan fingerprint density at radius 3 is 2.32 bits per heavy atom. The minimum Gasteiger partial charge on any atom is -0.384 e. The van der Waals surface area contributed by atoms with E-state index in [-0.39, 0.29) is 0 Å². The van der Waals surface area contributed by atoms with E-state index in [1.165, 1.54) is 24.0 Å². The van der Waals surface area contributed by atoms with Crippen LogP contribution in [0.3, 0.4) is 0 Å². The molecule has 0 aliphatic heterocycles. The van der Waals surface area contributed by atoms with Crippen molar-refractivity contribution in [2.75, 3.05) is 20.3 Å². The smallest absolute Gasteiger partial charge is 0.0502 e. The highest BCUT2D eigenvalue weighted by Crippen LogP contribution is 2.21. The summed E-state index contributed by atoms with van der Waals surface area (Å²) in [4.78, 5) is 0. The molecule has 0 fully saturated rings. The van der Waals surface area contributed by atoms with E-state index < -0.39 is 0 Å². The average molecular weight is 263 g/mol. The molecule has 0 aliphatic rings. The molecular weight excluding hydrogens is 234 g/mol. The van der Waals surface area contributed by atoms with Crippen molar-refractivity contribution in [1.82, 2.24) is 5.32 Å². The van der Waals surface area contributed by atoms with Gasteiger partial charge in [0.1, 0.15) is 0 Å². The number of methoxy groups -OCH3 is 1. The van der Waals surface area contributed by atoms with E-state index in [1.807, 2.05) is 0 Å². The highest BCUT2D eigenvalue weighted by Gasteiger charge is 2.10. The summed E-state index contributed by atoms with van der Waals surface area (Å²) in [5.74, 6) is 0.766. The topological polar surface area (TPSA) is 21.3 Å². The van der Waals surface area contributed by atoms with Crippen molar-refractivity contribution in [1.29, 1.82) is 0 Å². The van der Waals surface area contributed by atoms with E-state index in [0.717, 1.165) is 25.5 Å². The molecule has 0 saturated carbocycles. The van der Waals surface area contributed by atoms with Crippen molar-refractivity contribution in [2.45, 2.75) is 46.1 Å². The number of hydrogen-bond donors (Lipinski definition) is 1. The first-order valence-corrected chi connectivity index (χ1v) is 7.48. The zero-order valence-corrected chi connectivity index (χ0v) is 12.9. The van der Waals surface area contributed by atoms with Crippen LogP contribution in [0, 0.1) is 5.92 Å². The zero-order valence-electron chi connectivity index (χ0n) is 12.9. The maximum absolute atomic E-state index is 5.11. The summed E-state index contributed by atoms with van der Waals surface area (Å²) in [6, 6.07) is 9.48. The molecule has 0 amide bonds. The van der Waals surface area contributed by atoms with E-state index in [1.54, 1.807) is 7.11 Å². The fourth-order valence-corrected chi connectivity index (χ4v) is 2.27. The number of hydrogen-bond acceptors (Lipinski definition) is 2. The molecule has 0 aliphatic carbocycles. The van der Waals surface area contributed by atoms with Gasteiger partial charge in [0.15, 0.2) is 0 Å². The summed E-state index contributed by atoms with van der Waals surface area (Å²) in [7, 11) is 1.75. The van der Waals surface area contributed by atoms with E-state index in [2.05, 4.69) is 50.4 Å². The lowest BCUT2D eigenvalue weighted by molar-refractivity contribution is 0.202. The SMILES string of the molecule is CCNC(CCC(C)C)c1ccc(CCOC)cc1. The van der Waals surface area contributed by atoms with Crippen molar-refractivity contribution >= 4 is 0 Å². The van der Waals surface area contributed by atoms with Crippen LogP contribution in [0.5, 0.6) is 0 Å². The van der Waals surface area contributed by atoms with Crippen molar-refractivity contribution in [3.8, 4) is 0 Å². The van der Waals surface area contributed by atoms with Crippen molar-refractivity contribution < 1.29 is 4.74 Å². The molecule has 0 heterocycles. The van der Waals surface area contributed by atoms with Crippen LogP contribution in [0.15, 0.2) is 24.3 Å². The maximum Gasteiger partial charge on any atom is 0.0502 e. The molecule has 0 spiro atoms. The van der Waals surface area contributed by atoms with Crippen molar-refractivity contribution in [3.05, 3.63) is 35.4 Å². The molecule has 108 valence electrons. The summed E-state index contributed by atoms with van der Waals surface area (Å²) in [6.07, 6.45) is 3.47. The summed E-state index contributed by atoms with van der Waals surface area (Å²) < 4.78 is 5.11. The summed E-state index contributed by atoms with van der Waals surface area (Å²) >= 11 is 0. The molecule has 1 aromatic carbocycles. The molecule has 1 rings (SSSR count). The van der Waals surface area contributed by atoms with Gasteiger partial charge in [0.05, 0.1) is 6.61 Å². The minimum atomic E-state index is 0.490. The third-order valence-electron chi connectivity index (χ3n) is 3.46. The Morgan fingerprint density at radius 2 is 1.79 bits per heavy atom. The van der Waals surface area contributed by atoms with Gasteiger partial charge in [-0.3, -0.25) is 0 Å². The Kier molecular flexibility index (Phi) is 7.76. The van der Waals surface area contributed by atoms with Gasteiger partial charge in [-0.2, -0.15) is 0 Å². The third-order valence-corrected chi connectivity index (χ3v) is 3.46. The van der Waals surface area contributed by atoms with Crippen LogP contribution < -0.4 is 5.32 Å². The number of benzene rings is 1. The van der Waals surface area contributed by atoms with Crippen LogP contribution in [-0.2, 0) is 11.2 Å². The lowest BCUT2D eigenvalue weighted by atomic mass is 9.96. The molecule has 1 unspecified atom stereocenters. The third kappa shape index (κ3) is 6.22. The highest BCUT2D eigenvalue weighted by molar-refractivity contribution is 5.25. The largest absolute Gasteiger partial charge is 0.384 e. The fraction of sp³-hybridized carbons (Fsp3) is 0.647. The molecule has 19 heavy (non-hydrogen) atoms. The van der Waals surface area contributed by atoms with Crippen LogP contribution >= 0.6 is 0 Å². The van der Waals surface area contributed by atoms with Gasteiger partial charge >= 0.3 is 0 Å². The lowest BCUT2D eigenvalue weighted by Gasteiger charge is -2.19. The van der Waals surface area contributed by atoms with Gasteiger partial charge in [-0.25, -0.2) is 0 Å². The van der Waals surface area contributed by atoms with E-state index in [4.69, 9.17) is 4.74 Å². The Balaban J connectivity index is 2.62. The minimum absolute atomic E-state index is 0.490. The Labute approximate surface area is 118 Å². The monoisotopic (exact) mass is 263 g/mol. The molecule has 1 atom stereocenters. The number of nitrogens with one attached hydrogen (secondary N) is 1. The second kappa shape index (κ2) is 9.11. The van der Waals surface area contributed by atoms with Gasteiger partial charge in [-0.1, -0.05) is 45.0 Å². The van der Waals surface area contributed by atoms with Gasteiger partial charge in [-0.05, 0) is 42.9 Å². The second-order valence-electron chi connectivity index (χ2n) is 5.57. The van der Waals surface area contributed by atoms with Gasteiger partial charge < -0.3 is 10.1 Å². The molecular formula is C17H29NO. The van der Waals surface area contributed by atoms with Crippen LogP contribution in [0.2, 0.25) is 0 Å². The van der Waals surface area contributed by atoms with E-state index in [9.17, 15) is 0 Å². The molecule has 0 saturated heterocycles. The zero-order chi connectivity index (χ0) is 14.1. The van der Waals surface area contributed by atoms with E-state index >= 15 is 0 Å². The van der Waals surface area contributed by atoms with Crippen molar-refractivity contribution in [2.24, 2.45) is 5.92 Å². The summed E-state index contributed by atoms with van der Waals surface area (Å²) in [6.45, 7) is 8.57. The molecule has 0 aromatic heterocycles. The molecule has 1 aromatic rings. The fourth-order valence-electron chi connectivity index (χ4n) is 2.27. The number of ether oxygens (including phenoxy) is 1. The standard InChI is InChI=1S/C17H29NO/c1-5-18-17(11-6-14(2)3)16-9-7-15(8-10-16)12-13-19-4/h7-10,14,17-18H,5-6,11-13H2,1-4H3. The van der Waals surface area contributed by atoms with Crippen LogP contribution in [0.25, 0.3) is 0 Å². The predicted octanol–water partition coefficient (Wildman–Crippen LogP) is 3.96. The number of rotatable bonds is 9. The quantitative estimate of drug-likeness (QED) is 0.728. The molecule has 2 heteroatoms. The highest BCUT2D eigenvalue weighted by atomic mass is 16.5. The summed E-state index contributed by atoms with van der Waals surface area (Å²) in [5, 5.41) is 3.59. The summed E-state index contributed by atoms with van der Waals surface area (Å²) in [5.41, 5.74) is 2.76. The van der Waals surface area contributed by atoms with Crippen LogP contribution in [0.4, 0.5) is 0 Å².